The highest BCUT2D eigenvalue weighted by Crippen LogP contribution is 2.27. The summed E-state index contributed by atoms with van der Waals surface area (Å²) in [5.41, 5.74) is 0.566. The molecule has 2 atom stereocenters. The second-order valence-electron chi connectivity index (χ2n) is 4.85. The molecule has 0 amide bonds. The van der Waals surface area contributed by atoms with Gasteiger partial charge in [0.25, 0.3) is 0 Å². The van der Waals surface area contributed by atoms with Crippen molar-refractivity contribution in [3.63, 3.8) is 0 Å². The maximum absolute atomic E-state index is 13.9. The lowest BCUT2D eigenvalue weighted by atomic mass is 10.2. The predicted octanol–water partition coefficient (Wildman–Crippen LogP) is 2.36. The molecule has 0 spiro atoms. The average Bonchev–Trinajstić information content (AvgIpc) is 2.84. The van der Waals surface area contributed by atoms with Crippen LogP contribution in [0.1, 0.15) is 18.9 Å². The van der Waals surface area contributed by atoms with Gasteiger partial charge in [0.2, 0.25) is 10.0 Å². The van der Waals surface area contributed by atoms with E-state index in [4.69, 9.17) is 16.3 Å². The van der Waals surface area contributed by atoms with Gasteiger partial charge in [-0.15, -0.1) is 11.6 Å². The second-order valence-corrected chi connectivity index (χ2v) is 7.08. The Hall–Kier alpha value is -0.690. The highest BCUT2D eigenvalue weighted by atomic mass is 35.5. The number of halogens is 2. The lowest BCUT2D eigenvalue weighted by Gasteiger charge is -2.26. The minimum absolute atomic E-state index is 0.134. The Labute approximate surface area is 123 Å². The fraction of sp³-hybridized carbons (Fsp3) is 0.538. The molecular weight excluding hydrogens is 305 g/mol. The third kappa shape index (κ3) is 2.83. The molecule has 1 aliphatic rings. The molecule has 4 nitrogen and oxygen atoms in total. The molecule has 2 unspecified atom stereocenters. The first-order valence-corrected chi connectivity index (χ1v) is 8.29. The van der Waals surface area contributed by atoms with Crippen LogP contribution in [0.25, 0.3) is 0 Å². The molecule has 1 aromatic carbocycles. The SMILES string of the molecule is CC1OCCC1N(C)S(=O)(=O)c1cc(CCl)ccc1F. The van der Waals surface area contributed by atoms with Crippen molar-refractivity contribution in [2.24, 2.45) is 0 Å². The summed E-state index contributed by atoms with van der Waals surface area (Å²) in [7, 11) is -2.44. The van der Waals surface area contributed by atoms with E-state index in [9.17, 15) is 12.8 Å². The van der Waals surface area contributed by atoms with Crippen molar-refractivity contribution < 1.29 is 17.5 Å². The zero-order valence-electron chi connectivity index (χ0n) is 11.3. The third-order valence-electron chi connectivity index (χ3n) is 3.61. The van der Waals surface area contributed by atoms with Crippen LogP contribution in [0.5, 0.6) is 0 Å². The monoisotopic (exact) mass is 321 g/mol. The Morgan fingerprint density at radius 3 is 2.75 bits per heavy atom. The van der Waals surface area contributed by atoms with Gasteiger partial charge >= 0.3 is 0 Å². The molecule has 0 aliphatic carbocycles. The molecule has 112 valence electrons. The van der Waals surface area contributed by atoms with Crippen molar-refractivity contribution in [3.8, 4) is 0 Å². The van der Waals surface area contributed by atoms with Gasteiger partial charge in [-0.25, -0.2) is 12.8 Å². The van der Waals surface area contributed by atoms with E-state index in [1.807, 2.05) is 6.92 Å². The molecular formula is C13H17ClFNO3S. The summed E-state index contributed by atoms with van der Waals surface area (Å²) >= 11 is 5.68. The molecule has 1 aromatic rings. The van der Waals surface area contributed by atoms with Crippen molar-refractivity contribution in [2.45, 2.75) is 36.3 Å². The second kappa shape index (κ2) is 5.97. The van der Waals surface area contributed by atoms with Crippen LogP contribution in [0.15, 0.2) is 23.1 Å². The summed E-state index contributed by atoms with van der Waals surface area (Å²) in [6, 6.07) is 3.61. The van der Waals surface area contributed by atoms with Crippen molar-refractivity contribution in [1.82, 2.24) is 4.31 Å². The largest absolute Gasteiger partial charge is 0.377 e. The van der Waals surface area contributed by atoms with Crippen LogP contribution >= 0.6 is 11.6 Å². The van der Waals surface area contributed by atoms with Gasteiger partial charge in [-0.3, -0.25) is 0 Å². The molecule has 0 saturated carbocycles. The van der Waals surface area contributed by atoms with Gasteiger partial charge in [0.05, 0.1) is 12.1 Å². The molecule has 0 bridgehead atoms. The highest BCUT2D eigenvalue weighted by Gasteiger charge is 2.36. The van der Waals surface area contributed by atoms with Gasteiger partial charge in [0.15, 0.2) is 0 Å². The van der Waals surface area contributed by atoms with Crippen molar-refractivity contribution >= 4 is 21.6 Å². The molecule has 0 aromatic heterocycles. The summed E-state index contributed by atoms with van der Waals surface area (Å²) in [6.07, 6.45) is 0.405. The summed E-state index contributed by atoms with van der Waals surface area (Å²) in [6.45, 7) is 2.32. The topological polar surface area (TPSA) is 46.6 Å². The van der Waals surface area contributed by atoms with E-state index in [-0.39, 0.29) is 22.9 Å². The van der Waals surface area contributed by atoms with E-state index in [0.29, 0.717) is 18.6 Å². The Morgan fingerprint density at radius 1 is 1.50 bits per heavy atom. The Morgan fingerprint density at radius 2 is 2.20 bits per heavy atom. The van der Waals surface area contributed by atoms with Gasteiger partial charge in [-0.2, -0.15) is 4.31 Å². The first kappa shape index (κ1) is 15.7. The van der Waals surface area contributed by atoms with E-state index in [1.165, 1.54) is 23.5 Å². The molecule has 0 radical (unpaired) electrons. The van der Waals surface area contributed by atoms with Crippen LogP contribution in [0, 0.1) is 5.82 Å². The molecule has 2 rings (SSSR count). The summed E-state index contributed by atoms with van der Waals surface area (Å²) in [4.78, 5) is -0.336. The first-order chi connectivity index (χ1) is 9.37. The Kier molecular flexibility index (Phi) is 4.69. The van der Waals surface area contributed by atoms with Crippen molar-refractivity contribution in [1.29, 1.82) is 0 Å². The first-order valence-electron chi connectivity index (χ1n) is 6.32. The molecule has 0 N–H and O–H groups in total. The molecule has 7 heteroatoms. The summed E-state index contributed by atoms with van der Waals surface area (Å²) in [5.74, 6) is -0.632. The fourth-order valence-electron chi connectivity index (χ4n) is 2.36. The number of rotatable bonds is 4. The normalized spacial score (nSPS) is 23.4. The number of benzene rings is 1. The van der Waals surface area contributed by atoms with E-state index in [0.717, 1.165) is 6.07 Å². The number of hydrogen-bond acceptors (Lipinski definition) is 3. The van der Waals surface area contributed by atoms with E-state index in [2.05, 4.69) is 0 Å². The predicted molar refractivity (Wildman–Crippen MR) is 74.7 cm³/mol. The smallest absolute Gasteiger partial charge is 0.246 e. The third-order valence-corrected chi connectivity index (χ3v) is 5.82. The van der Waals surface area contributed by atoms with Crippen LogP contribution in [0.2, 0.25) is 0 Å². The molecule has 1 fully saturated rings. The van der Waals surface area contributed by atoms with E-state index in [1.54, 1.807) is 0 Å². The lowest BCUT2D eigenvalue weighted by molar-refractivity contribution is 0.102. The van der Waals surface area contributed by atoms with E-state index >= 15 is 0 Å². The lowest BCUT2D eigenvalue weighted by Crippen LogP contribution is -2.41. The average molecular weight is 322 g/mol. The van der Waals surface area contributed by atoms with Gasteiger partial charge in [0, 0.05) is 19.5 Å². The van der Waals surface area contributed by atoms with Crippen LogP contribution < -0.4 is 0 Å². The van der Waals surface area contributed by atoms with Crippen LogP contribution in [-0.2, 0) is 20.6 Å². The molecule has 20 heavy (non-hydrogen) atoms. The van der Waals surface area contributed by atoms with Gasteiger partial charge in [-0.05, 0) is 31.0 Å². The number of likely N-dealkylation sites (N-methyl/N-ethyl adjacent to an activating group) is 1. The minimum atomic E-state index is -3.90. The number of hydrogen-bond donors (Lipinski definition) is 0. The number of sulfonamides is 1. The highest BCUT2D eigenvalue weighted by molar-refractivity contribution is 7.89. The van der Waals surface area contributed by atoms with Crippen molar-refractivity contribution in [2.75, 3.05) is 13.7 Å². The molecule has 1 heterocycles. The molecule has 1 aliphatic heterocycles. The Balaban J connectivity index is 2.39. The van der Waals surface area contributed by atoms with Crippen LogP contribution in [-0.4, -0.2) is 38.5 Å². The number of ether oxygens (including phenoxy) is 1. The zero-order valence-corrected chi connectivity index (χ0v) is 12.9. The van der Waals surface area contributed by atoms with Gasteiger partial charge < -0.3 is 4.74 Å². The standard InChI is InChI=1S/C13H17ClFNO3S/c1-9-12(5-6-19-9)16(2)20(17,18)13-7-10(8-14)3-4-11(13)15/h3-4,7,9,12H,5-6,8H2,1-2H3. The van der Waals surface area contributed by atoms with Crippen LogP contribution in [0.3, 0.4) is 0 Å². The minimum Gasteiger partial charge on any atom is -0.377 e. The Bertz CT molecular complexity index is 593. The van der Waals surface area contributed by atoms with E-state index < -0.39 is 15.8 Å². The quantitative estimate of drug-likeness (QED) is 0.800. The summed E-state index contributed by atoms with van der Waals surface area (Å²) < 4.78 is 45.5. The maximum atomic E-state index is 13.9. The van der Waals surface area contributed by atoms with Crippen LogP contribution in [0.4, 0.5) is 4.39 Å². The van der Waals surface area contributed by atoms with Gasteiger partial charge in [-0.1, -0.05) is 6.07 Å². The van der Waals surface area contributed by atoms with Gasteiger partial charge in [0.1, 0.15) is 10.7 Å². The maximum Gasteiger partial charge on any atom is 0.246 e. The van der Waals surface area contributed by atoms with Crippen molar-refractivity contribution in [3.05, 3.63) is 29.6 Å². The number of alkyl halides is 1. The fourth-order valence-corrected chi connectivity index (χ4v) is 4.08. The number of nitrogens with zero attached hydrogens (tertiary/aromatic N) is 1. The zero-order chi connectivity index (χ0) is 14.9. The summed E-state index contributed by atoms with van der Waals surface area (Å²) in [5, 5.41) is 0. The molecule has 1 saturated heterocycles.